The van der Waals surface area contributed by atoms with Gasteiger partial charge in [0.1, 0.15) is 6.04 Å². The van der Waals surface area contributed by atoms with Crippen LogP contribution < -0.4 is 0 Å². The lowest BCUT2D eigenvalue weighted by atomic mass is 10.1. The third-order valence-corrected chi connectivity index (χ3v) is 6.35. The highest BCUT2D eigenvalue weighted by atomic mass is 32.2. The second kappa shape index (κ2) is 9.89. The van der Waals surface area contributed by atoms with E-state index in [0.29, 0.717) is 32.6 Å². The van der Waals surface area contributed by atoms with Crippen molar-refractivity contribution in [2.75, 3.05) is 18.9 Å². The Balaban J connectivity index is 1.65. The number of ether oxygens (including phenoxy) is 1. The molecule has 1 saturated heterocycles. The largest absolute Gasteiger partial charge is 0.480 e. The highest BCUT2D eigenvalue weighted by Crippen LogP contribution is 2.21. The number of nitrogens with zero attached hydrogens (tertiary/aromatic N) is 1. The fraction of sp³-hybridized carbons (Fsp3) is 0.611. The van der Waals surface area contributed by atoms with E-state index >= 15 is 0 Å². The van der Waals surface area contributed by atoms with Gasteiger partial charge in [0, 0.05) is 13.2 Å². The van der Waals surface area contributed by atoms with Crippen molar-refractivity contribution in [2.45, 2.75) is 51.2 Å². The maximum atomic E-state index is 12.4. The van der Waals surface area contributed by atoms with Gasteiger partial charge in [0.2, 0.25) is 10.0 Å². The molecule has 7 heteroatoms. The highest BCUT2D eigenvalue weighted by molar-refractivity contribution is 7.89. The monoisotopic (exact) mass is 369 g/mol. The highest BCUT2D eigenvalue weighted by Gasteiger charge is 2.36. The Morgan fingerprint density at radius 2 is 1.92 bits per heavy atom. The van der Waals surface area contributed by atoms with Gasteiger partial charge in [-0.2, -0.15) is 4.31 Å². The molecule has 1 aromatic carbocycles. The number of piperidine rings is 1. The summed E-state index contributed by atoms with van der Waals surface area (Å²) in [6.45, 7) is 1.48. The van der Waals surface area contributed by atoms with Crippen LogP contribution in [-0.4, -0.2) is 48.7 Å². The predicted molar refractivity (Wildman–Crippen MR) is 95.7 cm³/mol. The molecular formula is C18H27NO5S. The molecule has 0 radical (unpaired) electrons. The van der Waals surface area contributed by atoms with E-state index < -0.39 is 22.0 Å². The molecule has 1 N–H and O–H groups in total. The van der Waals surface area contributed by atoms with Gasteiger partial charge in [0.15, 0.2) is 0 Å². The molecule has 25 heavy (non-hydrogen) atoms. The van der Waals surface area contributed by atoms with Crippen LogP contribution in [0, 0.1) is 0 Å². The van der Waals surface area contributed by atoms with Crippen molar-refractivity contribution in [3.8, 4) is 0 Å². The number of hydrogen-bond donors (Lipinski definition) is 1. The molecule has 0 saturated carbocycles. The van der Waals surface area contributed by atoms with E-state index in [9.17, 15) is 18.3 Å². The van der Waals surface area contributed by atoms with E-state index in [4.69, 9.17) is 4.74 Å². The molecule has 1 fully saturated rings. The van der Waals surface area contributed by atoms with Gasteiger partial charge in [0.05, 0.1) is 12.4 Å². The first-order chi connectivity index (χ1) is 12.0. The molecule has 0 bridgehead atoms. The third-order valence-electron chi connectivity index (χ3n) is 4.40. The molecule has 0 spiro atoms. The Labute approximate surface area is 149 Å². The van der Waals surface area contributed by atoms with Gasteiger partial charge in [-0.05, 0) is 37.7 Å². The summed E-state index contributed by atoms with van der Waals surface area (Å²) in [6, 6.07) is 9.01. The summed E-state index contributed by atoms with van der Waals surface area (Å²) in [7, 11) is -3.50. The van der Waals surface area contributed by atoms with E-state index in [2.05, 4.69) is 0 Å². The number of hydrogen-bond acceptors (Lipinski definition) is 4. The number of carbonyl (C=O) groups is 1. The SMILES string of the molecule is O=C(O)C1CCCCN1S(=O)(=O)CCCCCOCc1ccccc1. The molecule has 140 valence electrons. The van der Waals surface area contributed by atoms with Crippen molar-refractivity contribution in [1.82, 2.24) is 4.31 Å². The number of rotatable bonds is 10. The van der Waals surface area contributed by atoms with Crippen molar-refractivity contribution >= 4 is 16.0 Å². The summed E-state index contributed by atoms with van der Waals surface area (Å²) in [5, 5.41) is 9.21. The lowest BCUT2D eigenvalue weighted by molar-refractivity contribution is -0.142. The Bertz CT molecular complexity index is 632. The molecule has 0 aromatic heterocycles. The molecule has 0 amide bonds. The minimum absolute atomic E-state index is 0.00939. The summed E-state index contributed by atoms with van der Waals surface area (Å²) in [5.74, 6) is -1.03. The minimum Gasteiger partial charge on any atom is -0.480 e. The Kier molecular flexibility index (Phi) is 7.87. The number of benzene rings is 1. The lowest BCUT2D eigenvalue weighted by Crippen LogP contribution is -2.48. The molecule has 2 rings (SSSR count). The molecular weight excluding hydrogens is 342 g/mol. The molecule has 1 unspecified atom stereocenters. The van der Waals surface area contributed by atoms with Gasteiger partial charge in [0.25, 0.3) is 0 Å². The van der Waals surface area contributed by atoms with Crippen LogP contribution in [0.15, 0.2) is 30.3 Å². The number of carboxylic acids is 1. The zero-order valence-corrected chi connectivity index (χ0v) is 15.3. The first-order valence-electron chi connectivity index (χ1n) is 8.85. The van der Waals surface area contributed by atoms with Crippen LogP contribution in [0.25, 0.3) is 0 Å². The summed E-state index contributed by atoms with van der Waals surface area (Å²) in [6.07, 6.45) is 3.98. The normalized spacial score (nSPS) is 19.0. The van der Waals surface area contributed by atoms with Crippen molar-refractivity contribution in [3.05, 3.63) is 35.9 Å². The number of sulfonamides is 1. The topological polar surface area (TPSA) is 83.9 Å². The Morgan fingerprint density at radius 1 is 1.16 bits per heavy atom. The van der Waals surface area contributed by atoms with E-state index in [0.717, 1.165) is 31.2 Å². The maximum Gasteiger partial charge on any atom is 0.322 e. The summed E-state index contributed by atoms with van der Waals surface area (Å²) >= 11 is 0. The standard InChI is InChI=1S/C18H27NO5S/c20-18(21)17-11-5-6-12-19(17)25(22,23)14-8-2-7-13-24-15-16-9-3-1-4-10-16/h1,3-4,9-10,17H,2,5-8,11-15H2,(H,20,21). The van der Waals surface area contributed by atoms with Crippen LogP contribution >= 0.6 is 0 Å². The first-order valence-corrected chi connectivity index (χ1v) is 10.5. The average molecular weight is 369 g/mol. The summed E-state index contributed by atoms with van der Waals surface area (Å²) in [5.41, 5.74) is 1.12. The molecule has 0 aliphatic carbocycles. The van der Waals surface area contributed by atoms with Crippen LogP contribution in [0.3, 0.4) is 0 Å². The Morgan fingerprint density at radius 3 is 2.64 bits per heavy atom. The van der Waals surface area contributed by atoms with Crippen LogP contribution in [0.5, 0.6) is 0 Å². The average Bonchev–Trinajstić information content (AvgIpc) is 2.61. The fourth-order valence-corrected chi connectivity index (χ4v) is 4.83. The Hall–Kier alpha value is -1.44. The zero-order chi connectivity index (χ0) is 18.1. The van der Waals surface area contributed by atoms with Crippen LogP contribution in [0.1, 0.15) is 44.1 Å². The van der Waals surface area contributed by atoms with E-state index in [-0.39, 0.29) is 5.75 Å². The van der Waals surface area contributed by atoms with Gasteiger partial charge in [-0.1, -0.05) is 36.8 Å². The molecule has 1 aliphatic heterocycles. The molecule has 6 nitrogen and oxygen atoms in total. The van der Waals surface area contributed by atoms with E-state index in [1.54, 1.807) is 0 Å². The molecule has 1 aliphatic rings. The van der Waals surface area contributed by atoms with Crippen molar-refractivity contribution in [3.63, 3.8) is 0 Å². The van der Waals surface area contributed by atoms with Gasteiger partial charge in [-0.15, -0.1) is 0 Å². The van der Waals surface area contributed by atoms with E-state index in [1.165, 1.54) is 4.31 Å². The third kappa shape index (κ3) is 6.41. The summed E-state index contributed by atoms with van der Waals surface area (Å²) in [4.78, 5) is 11.3. The van der Waals surface area contributed by atoms with E-state index in [1.807, 2.05) is 30.3 Å². The van der Waals surface area contributed by atoms with Crippen molar-refractivity contribution in [2.24, 2.45) is 0 Å². The number of unbranched alkanes of at least 4 members (excludes halogenated alkanes) is 2. The van der Waals surface area contributed by atoms with Gasteiger partial charge < -0.3 is 9.84 Å². The smallest absolute Gasteiger partial charge is 0.322 e. The maximum absolute atomic E-state index is 12.4. The fourth-order valence-electron chi connectivity index (χ4n) is 3.03. The molecule has 1 aromatic rings. The second-order valence-electron chi connectivity index (χ2n) is 6.38. The van der Waals surface area contributed by atoms with Gasteiger partial charge in [-0.25, -0.2) is 8.42 Å². The minimum atomic E-state index is -3.50. The number of aliphatic carboxylic acids is 1. The molecule has 1 atom stereocenters. The quantitative estimate of drug-likeness (QED) is 0.641. The number of carboxylic acid groups (broad SMARTS) is 1. The van der Waals surface area contributed by atoms with Crippen molar-refractivity contribution < 1.29 is 23.1 Å². The van der Waals surface area contributed by atoms with Crippen LogP contribution in [0.2, 0.25) is 0 Å². The van der Waals surface area contributed by atoms with Crippen LogP contribution in [-0.2, 0) is 26.2 Å². The first kappa shape index (κ1) is 19.9. The zero-order valence-electron chi connectivity index (χ0n) is 14.5. The van der Waals surface area contributed by atoms with Gasteiger partial charge in [-0.3, -0.25) is 4.79 Å². The second-order valence-corrected chi connectivity index (χ2v) is 8.42. The summed E-state index contributed by atoms with van der Waals surface area (Å²) < 4.78 is 31.6. The lowest BCUT2D eigenvalue weighted by Gasteiger charge is -2.31. The van der Waals surface area contributed by atoms with Gasteiger partial charge >= 0.3 is 5.97 Å². The molecule has 1 heterocycles. The predicted octanol–water partition coefficient (Wildman–Crippen LogP) is 2.64. The van der Waals surface area contributed by atoms with Crippen LogP contribution in [0.4, 0.5) is 0 Å². The van der Waals surface area contributed by atoms with Crippen molar-refractivity contribution in [1.29, 1.82) is 0 Å².